The van der Waals surface area contributed by atoms with Crippen molar-refractivity contribution in [3.8, 4) is 0 Å². The second-order valence-electron chi connectivity index (χ2n) is 3.68. The molecule has 0 aromatic carbocycles. The molecule has 82 valence electrons. The molecule has 3 nitrogen and oxygen atoms in total. The van der Waals surface area contributed by atoms with Crippen molar-refractivity contribution in [2.45, 2.75) is 31.0 Å². The SMILES string of the molecule is CCC(Br)C(=O)NCC1CCOCC1. The average Bonchev–Trinajstić information content (AvgIpc) is 2.26. The van der Waals surface area contributed by atoms with Crippen LogP contribution in [0, 0.1) is 5.92 Å². The van der Waals surface area contributed by atoms with E-state index in [4.69, 9.17) is 4.74 Å². The number of hydrogen-bond donors (Lipinski definition) is 1. The number of nitrogens with one attached hydrogen (secondary N) is 1. The maximum atomic E-state index is 11.4. The van der Waals surface area contributed by atoms with Crippen LogP contribution in [-0.2, 0) is 9.53 Å². The Kier molecular flexibility index (Phi) is 5.48. The van der Waals surface area contributed by atoms with Crippen molar-refractivity contribution in [2.24, 2.45) is 5.92 Å². The summed E-state index contributed by atoms with van der Waals surface area (Å²) in [6.45, 7) is 4.47. The third kappa shape index (κ3) is 3.96. The zero-order chi connectivity index (χ0) is 10.4. The number of rotatable bonds is 4. The summed E-state index contributed by atoms with van der Waals surface area (Å²) in [5.41, 5.74) is 0. The maximum absolute atomic E-state index is 11.4. The van der Waals surface area contributed by atoms with Crippen LogP contribution < -0.4 is 5.32 Å². The molecule has 1 saturated heterocycles. The van der Waals surface area contributed by atoms with Crippen molar-refractivity contribution in [1.82, 2.24) is 5.32 Å². The molecule has 4 heteroatoms. The van der Waals surface area contributed by atoms with E-state index in [1.54, 1.807) is 0 Å². The molecular formula is C10H18BrNO2. The van der Waals surface area contributed by atoms with Gasteiger partial charge in [-0.2, -0.15) is 0 Å². The predicted molar refractivity (Wildman–Crippen MR) is 59.6 cm³/mol. The number of carbonyl (C=O) groups excluding carboxylic acids is 1. The Labute approximate surface area is 93.7 Å². The van der Waals surface area contributed by atoms with Crippen molar-refractivity contribution in [2.75, 3.05) is 19.8 Å². The largest absolute Gasteiger partial charge is 0.381 e. The molecule has 0 saturated carbocycles. The first-order chi connectivity index (χ1) is 6.74. The molecule has 1 unspecified atom stereocenters. The summed E-state index contributed by atoms with van der Waals surface area (Å²) >= 11 is 3.33. The van der Waals surface area contributed by atoms with Crippen LogP contribution in [-0.4, -0.2) is 30.5 Å². The van der Waals surface area contributed by atoms with Crippen LogP contribution >= 0.6 is 15.9 Å². The molecule has 1 aliphatic heterocycles. The molecule has 0 aromatic rings. The zero-order valence-electron chi connectivity index (χ0n) is 8.59. The van der Waals surface area contributed by atoms with Crippen molar-refractivity contribution in [1.29, 1.82) is 0 Å². The van der Waals surface area contributed by atoms with Gasteiger partial charge in [-0.1, -0.05) is 22.9 Å². The van der Waals surface area contributed by atoms with Crippen LogP contribution in [0.2, 0.25) is 0 Å². The van der Waals surface area contributed by atoms with E-state index >= 15 is 0 Å². The number of ether oxygens (including phenoxy) is 1. The summed E-state index contributed by atoms with van der Waals surface area (Å²) < 4.78 is 5.25. The highest BCUT2D eigenvalue weighted by Gasteiger charge is 2.17. The molecule has 1 fully saturated rings. The first-order valence-corrected chi connectivity index (χ1v) is 6.15. The van der Waals surface area contributed by atoms with Crippen LogP contribution in [0.1, 0.15) is 26.2 Å². The number of halogens is 1. The highest BCUT2D eigenvalue weighted by atomic mass is 79.9. The van der Waals surface area contributed by atoms with Gasteiger partial charge in [-0.25, -0.2) is 0 Å². The standard InChI is InChI=1S/C10H18BrNO2/c1-2-9(11)10(13)12-7-8-3-5-14-6-4-8/h8-9H,2-7H2,1H3,(H,12,13). The van der Waals surface area contributed by atoms with E-state index in [1.807, 2.05) is 6.92 Å². The van der Waals surface area contributed by atoms with Crippen LogP contribution in [0.3, 0.4) is 0 Å². The van der Waals surface area contributed by atoms with Crippen LogP contribution in [0.4, 0.5) is 0 Å². The molecule has 1 atom stereocenters. The molecule has 1 N–H and O–H groups in total. The third-order valence-electron chi connectivity index (χ3n) is 2.55. The lowest BCUT2D eigenvalue weighted by Gasteiger charge is -2.22. The second-order valence-corrected chi connectivity index (χ2v) is 4.78. The summed E-state index contributed by atoms with van der Waals surface area (Å²) in [6, 6.07) is 0. The number of carbonyl (C=O) groups is 1. The van der Waals surface area contributed by atoms with Crippen LogP contribution in [0.25, 0.3) is 0 Å². The van der Waals surface area contributed by atoms with Gasteiger partial charge in [0.15, 0.2) is 0 Å². The molecule has 1 aliphatic rings. The van der Waals surface area contributed by atoms with Crippen molar-refractivity contribution in [3.05, 3.63) is 0 Å². The van der Waals surface area contributed by atoms with Crippen LogP contribution in [0.5, 0.6) is 0 Å². The minimum absolute atomic E-state index is 0.0395. The molecule has 14 heavy (non-hydrogen) atoms. The van der Waals surface area contributed by atoms with Gasteiger partial charge in [-0.15, -0.1) is 0 Å². The fourth-order valence-corrected chi connectivity index (χ4v) is 1.65. The Morgan fingerprint density at radius 2 is 2.21 bits per heavy atom. The maximum Gasteiger partial charge on any atom is 0.233 e. The fraction of sp³-hybridized carbons (Fsp3) is 0.900. The summed E-state index contributed by atoms with van der Waals surface area (Å²) in [5, 5.41) is 2.96. The van der Waals surface area contributed by atoms with E-state index in [0.717, 1.165) is 39.0 Å². The molecule has 0 radical (unpaired) electrons. The van der Waals surface area contributed by atoms with Gasteiger partial charge in [0.05, 0.1) is 4.83 Å². The molecule has 0 spiro atoms. The van der Waals surface area contributed by atoms with Gasteiger partial charge in [0.25, 0.3) is 0 Å². The van der Waals surface area contributed by atoms with Crippen LogP contribution in [0.15, 0.2) is 0 Å². The minimum atomic E-state index is -0.0395. The van der Waals surface area contributed by atoms with Crippen molar-refractivity contribution >= 4 is 21.8 Å². The lowest BCUT2D eigenvalue weighted by molar-refractivity contribution is -0.120. The van der Waals surface area contributed by atoms with Gasteiger partial charge in [-0.3, -0.25) is 4.79 Å². The molecule has 1 rings (SSSR count). The summed E-state index contributed by atoms with van der Waals surface area (Å²) in [5.74, 6) is 0.711. The topological polar surface area (TPSA) is 38.3 Å². The zero-order valence-corrected chi connectivity index (χ0v) is 10.2. The second kappa shape index (κ2) is 6.40. The van der Waals surface area contributed by atoms with E-state index in [2.05, 4.69) is 21.2 Å². The van der Waals surface area contributed by atoms with E-state index in [9.17, 15) is 4.79 Å². The Hall–Kier alpha value is -0.0900. The Morgan fingerprint density at radius 3 is 2.79 bits per heavy atom. The minimum Gasteiger partial charge on any atom is -0.381 e. The van der Waals surface area contributed by atoms with Crippen molar-refractivity contribution in [3.63, 3.8) is 0 Å². The van der Waals surface area contributed by atoms with E-state index in [1.165, 1.54) is 0 Å². The quantitative estimate of drug-likeness (QED) is 0.785. The van der Waals surface area contributed by atoms with Gasteiger partial charge in [0, 0.05) is 19.8 Å². The normalized spacial score (nSPS) is 20.4. The summed E-state index contributed by atoms with van der Waals surface area (Å²) in [6.07, 6.45) is 2.97. The van der Waals surface area contributed by atoms with E-state index in [-0.39, 0.29) is 10.7 Å². The Balaban J connectivity index is 2.15. The lowest BCUT2D eigenvalue weighted by Crippen LogP contribution is -2.36. The highest BCUT2D eigenvalue weighted by Crippen LogP contribution is 2.13. The third-order valence-corrected chi connectivity index (χ3v) is 3.61. The Morgan fingerprint density at radius 1 is 1.57 bits per heavy atom. The van der Waals surface area contributed by atoms with Gasteiger partial charge in [0.1, 0.15) is 0 Å². The first-order valence-electron chi connectivity index (χ1n) is 5.23. The first kappa shape index (κ1) is 12.0. The van der Waals surface area contributed by atoms with Gasteiger partial charge in [0.2, 0.25) is 5.91 Å². The van der Waals surface area contributed by atoms with Gasteiger partial charge < -0.3 is 10.1 Å². The predicted octanol–water partition coefficient (Wildman–Crippen LogP) is 1.70. The van der Waals surface area contributed by atoms with Gasteiger partial charge in [-0.05, 0) is 25.2 Å². The number of hydrogen-bond acceptors (Lipinski definition) is 2. The molecule has 0 aliphatic carbocycles. The molecule has 0 bridgehead atoms. The molecular weight excluding hydrogens is 246 g/mol. The average molecular weight is 264 g/mol. The summed E-state index contributed by atoms with van der Waals surface area (Å²) in [7, 11) is 0. The molecule has 0 aromatic heterocycles. The monoisotopic (exact) mass is 263 g/mol. The van der Waals surface area contributed by atoms with E-state index < -0.39 is 0 Å². The molecule has 1 heterocycles. The van der Waals surface area contributed by atoms with Gasteiger partial charge >= 0.3 is 0 Å². The van der Waals surface area contributed by atoms with E-state index in [0.29, 0.717) is 5.92 Å². The molecule has 1 amide bonds. The highest BCUT2D eigenvalue weighted by molar-refractivity contribution is 9.10. The lowest BCUT2D eigenvalue weighted by atomic mass is 10.0. The number of amides is 1. The fourth-order valence-electron chi connectivity index (χ4n) is 1.49. The Bertz CT molecular complexity index is 181. The van der Waals surface area contributed by atoms with Crippen molar-refractivity contribution < 1.29 is 9.53 Å². The smallest absolute Gasteiger partial charge is 0.233 e. The number of alkyl halides is 1. The summed E-state index contributed by atoms with van der Waals surface area (Å²) in [4.78, 5) is 11.4.